The highest BCUT2D eigenvalue weighted by Gasteiger charge is 2.44. The summed E-state index contributed by atoms with van der Waals surface area (Å²) in [5, 5.41) is 16.0. The van der Waals surface area contributed by atoms with Crippen LogP contribution < -0.4 is 10.6 Å². The van der Waals surface area contributed by atoms with Gasteiger partial charge in [-0.2, -0.15) is 0 Å². The van der Waals surface area contributed by atoms with Crippen LogP contribution in [0, 0.1) is 15.9 Å². The zero-order valence-electron chi connectivity index (χ0n) is 20.9. The largest absolute Gasteiger partial charge is 0.391 e. The number of likely N-dealkylation sites (tertiary alicyclic amines) is 1. The molecule has 35 heavy (non-hydrogen) atoms. The second-order valence-electron chi connectivity index (χ2n) is 10.1. The first-order valence-electron chi connectivity index (χ1n) is 11.6. The minimum Gasteiger partial charge on any atom is -0.391 e. The summed E-state index contributed by atoms with van der Waals surface area (Å²) in [6.07, 6.45) is -0.645. The Balaban J connectivity index is 1.76. The maximum atomic E-state index is 13.4. The molecule has 1 aliphatic heterocycles. The Morgan fingerprint density at radius 2 is 1.94 bits per heavy atom. The molecule has 0 spiro atoms. The highest BCUT2D eigenvalue weighted by atomic mass is 127. The summed E-state index contributed by atoms with van der Waals surface area (Å²) in [7, 11) is 0. The molecule has 1 aliphatic rings. The van der Waals surface area contributed by atoms with E-state index in [4.69, 9.17) is 0 Å². The molecule has 0 unspecified atom stereocenters. The van der Waals surface area contributed by atoms with Gasteiger partial charge in [-0.3, -0.25) is 14.4 Å². The summed E-state index contributed by atoms with van der Waals surface area (Å²) in [5.74, 6) is -1.01. The van der Waals surface area contributed by atoms with Gasteiger partial charge in [-0.05, 0) is 53.5 Å². The second kappa shape index (κ2) is 10.9. The number of hydrogen-bond acceptors (Lipinski definition) is 6. The Labute approximate surface area is 224 Å². The molecule has 2 aromatic rings. The van der Waals surface area contributed by atoms with E-state index in [2.05, 4.69) is 38.2 Å². The molecule has 1 aromatic heterocycles. The number of thiazole rings is 1. The molecule has 0 aliphatic carbocycles. The fraction of sp³-hybridized carbons (Fsp3) is 0.520. The van der Waals surface area contributed by atoms with Gasteiger partial charge in [0.05, 0.1) is 28.2 Å². The summed E-state index contributed by atoms with van der Waals surface area (Å²) >= 11 is 3.89. The van der Waals surface area contributed by atoms with Crippen LogP contribution in [0.3, 0.4) is 0 Å². The highest BCUT2D eigenvalue weighted by molar-refractivity contribution is 14.1. The minimum absolute atomic E-state index is 0.0538. The first-order valence-corrected chi connectivity index (χ1v) is 13.5. The number of halogens is 1. The fourth-order valence-electron chi connectivity index (χ4n) is 4.26. The van der Waals surface area contributed by atoms with Crippen LogP contribution in [-0.4, -0.2) is 57.4 Å². The number of rotatable bonds is 6. The number of carbonyl (C=O) groups excluding carboxylic acids is 3. The highest BCUT2D eigenvalue weighted by Crippen LogP contribution is 2.33. The van der Waals surface area contributed by atoms with Gasteiger partial charge in [0.15, 0.2) is 0 Å². The molecule has 3 N–H and O–H groups in total. The van der Waals surface area contributed by atoms with Crippen LogP contribution in [0.5, 0.6) is 0 Å². The number of amides is 3. The number of aliphatic hydroxyl groups excluding tert-OH is 1. The molecule has 3 amide bonds. The lowest BCUT2D eigenvalue weighted by Crippen LogP contribution is -2.57. The second-order valence-corrected chi connectivity index (χ2v) is 12.1. The number of hydrogen-bond donors (Lipinski definition) is 3. The van der Waals surface area contributed by atoms with Crippen molar-refractivity contribution < 1.29 is 19.5 Å². The third-order valence-corrected chi connectivity index (χ3v) is 8.02. The fourth-order valence-corrected chi connectivity index (χ4v) is 6.10. The van der Waals surface area contributed by atoms with Gasteiger partial charge < -0.3 is 20.6 Å². The number of nitrogens with one attached hydrogen (secondary N) is 2. The van der Waals surface area contributed by atoms with Crippen molar-refractivity contribution in [2.24, 2.45) is 5.41 Å². The number of β-amino-alcohol motifs (C(OH)–C–C–N with tert-alkyl or cyclic N) is 1. The molecule has 1 aromatic carbocycles. The van der Waals surface area contributed by atoms with Crippen LogP contribution >= 0.6 is 33.9 Å². The van der Waals surface area contributed by atoms with E-state index in [-0.39, 0.29) is 36.7 Å². The Hall–Kier alpha value is -2.05. The lowest BCUT2D eigenvalue weighted by molar-refractivity contribution is -0.144. The van der Waals surface area contributed by atoms with Crippen molar-refractivity contribution in [3.8, 4) is 10.4 Å². The molecule has 0 saturated carbocycles. The Morgan fingerprint density at radius 3 is 2.49 bits per heavy atom. The van der Waals surface area contributed by atoms with Crippen molar-refractivity contribution in [2.75, 3.05) is 6.54 Å². The van der Waals surface area contributed by atoms with Gasteiger partial charge >= 0.3 is 0 Å². The van der Waals surface area contributed by atoms with Gasteiger partial charge in [0.1, 0.15) is 12.1 Å². The molecule has 3 rings (SSSR count). The van der Waals surface area contributed by atoms with Crippen LogP contribution in [0.15, 0.2) is 23.7 Å². The first-order chi connectivity index (χ1) is 16.3. The zero-order valence-corrected chi connectivity index (χ0v) is 23.9. The average molecular weight is 613 g/mol. The number of aliphatic hydroxyl groups is 1. The maximum Gasteiger partial charge on any atom is 0.246 e. The van der Waals surface area contributed by atoms with E-state index in [0.717, 1.165) is 25.3 Å². The van der Waals surface area contributed by atoms with Crippen LogP contribution in [0.25, 0.3) is 10.4 Å². The van der Waals surface area contributed by atoms with E-state index in [0.29, 0.717) is 0 Å². The molecular formula is C25H33IN4O4S. The van der Waals surface area contributed by atoms with E-state index in [1.54, 1.807) is 11.3 Å². The van der Waals surface area contributed by atoms with Crippen LogP contribution in [-0.2, 0) is 14.4 Å². The predicted octanol–water partition coefficient (Wildman–Crippen LogP) is 3.41. The van der Waals surface area contributed by atoms with E-state index in [1.807, 2.05) is 58.3 Å². The summed E-state index contributed by atoms with van der Waals surface area (Å²) in [5.41, 5.74) is 4.31. The number of aromatic nitrogens is 1. The Morgan fingerprint density at radius 1 is 1.26 bits per heavy atom. The van der Waals surface area contributed by atoms with Gasteiger partial charge in [0.2, 0.25) is 17.7 Å². The van der Waals surface area contributed by atoms with E-state index in [1.165, 1.54) is 11.8 Å². The van der Waals surface area contributed by atoms with E-state index >= 15 is 0 Å². The molecule has 1 fully saturated rings. The molecule has 1 saturated heterocycles. The van der Waals surface area contributed by atoms with Crippen molar-refractivity contribution in [1.82, 2.24) is 20.5 Å². The number of nitrogens with zero attached hydrogens (tertiary/aromatic N) is 2. The normalized spacial score (nSPS) is 19.8. The Bertz CT molecular complexity index is 1110. The minimum atomic E-state index is -0.809. The molecule has 190 valence electrons. The molecule has 0 radical (unpaired) electrons. The zero-order chi connectivity index (χ0) is 26.1. The summed E-state index contributed by atoms with van der Waals surface area (Å²) in [4.78, 5) is 45.2. The molecular weight excluding hydrogens is 579 g/mol. The molecule has 4 atom stereocenters. The third kappa shape index (κ3) is 6.39. The van der Waals surface area contributed by atoms with Crippen molar-refractivity contribution >= 4 is 51.6 Å². The molecule has 0 bridgehead atoms. The van der Waals surface area contributed by atoms with Crippen LogP contribution in [0.2, 0.25) is 0 Å². The SMILES string of the molecule is CC(=O)N[C@H](C(=O)N1C[C@H](O)C[C@H]1C(=O)N[C@@H](C)c1ccc(-c2scnc2C)c(I)c1)C(C)(C)C. The van der Waals surface area contributed by atoms with Gasteiger partial charge in [-0.1, -0.05) is 32.9 Å². The first kappa shape index (κ1) is 27.5. The molecule has 8 nitrogen and oxygen atoms in total. The number of aryl methyl sites for hydroxylation is 1. The topological polar surface area (TPSA) is 112 Å². The van der Waals surface area contributed by atoms with Crippen molar-refractivity contribution in [1.29, 1.82) is 0 Å². The van der Waals surface area contributed by atoms with Gasteiger partial charge in [-0.25, -0.2) is 4.98 Å². The molecule has 10 heteroatoms. The van der Waals surface area contributed by atoms with Crippen LogP contribution in [0.1, 0.15) is 58.3 Å². The lowest BCUT2D eigenvalue weighted by atomic mass is 9.85. The monoisotopic (exact) mass is 612 g/mol. The van der Waals surface area contributed by atoms with Gasteiger partial charge in [0.25, 0.3) is 0 Å². The average Bonchev–Trinajstić information content (AvgIpc) is 3.36. The molecule has 2 heterocycles. The number of benzene rings is 1. The van der Waals surface area contributed by atoms with Gasteiger partial charge in [0, 0.05) is 29.0 Å². The standard InChI is InChI=1S/C25H33IN4O4S/c1-13(16-7-8-18(19(26)9-16)21-14(2)27-12-35-21)28-23(33)20-10-17(32)11-30(20)24(34)22(25(4,5)6)29-15(3)31/h7-9,12-13,17,20,22,32H,10-11H2,1-6H3,(H,28,33)(H,29,31)/t13-,17+,20-,22+/m0/s1. The summed E-state index contributed by atoms with van der Waals surface area (Å²) in [6.45, 7) is 10.9. The smallest absolute Gasteiger partial charge is 0.246 e. The van der Waals surface area contributed by atoms with Crippen LogP contribution in [0.4, 0.5) is 0 Å². The van der Waals surface area contributed by atoms with E-state index in [9.17, 15) is 19.5 Å². The van der Waals surface area contributed by atoms with Crippen molar-refractivity contribution in [3.63, 3.8) is 0 Å². The Kier molecular flexibility index (Phi) is 8.59. The quantitative estimate of drug-likeness (QED) is 0.434. The predicted molar refractivity (Wildman–Crippen MR) is 145 cm³/mol. The number of carbonyl (C=O) groups is 3. The van der Waals surface area contributed by atoms with E-state index < -0.39 is 23.6 Å². The maximum absolute atomic E-state index is 13.4. The van der Waals surface area contributed by atoms with Gasteiger partial charge in [-0.15, -0.1) is 11.3 Å². The van der Waals surface area contributed by atoms with Crippen molar-refractivity contribution in [3.05, 3.63) is 38.5 Å². The third-order valence-electron chi connectivity index (χ3n) is 6.17. The lowest BCUT2D eigenvalue weighted by Gasteiger charge is -2.35. The van der Waals surface area contributed by atoms with Crippen molar-refractivity contribution in [2.45, 2.75) is 72.2 Å². The summed E-state index contributed by atoms with van der Waals surface area (Å²) < 4.78 is 1.06. The summed E-state index contributed by atoms with van der Waals surface area (Å²) in [6, 6.07) is 4.16.